The van der Waals surface area contributed by atoms with Gasteiger partial charge in [0.25, 0.3) is 0 Å². The van der Waals surface area contributed by atoms with E-state index in [0.717, 1.165) is 37.9 Å². The summed E-state index contributed by atoms with van der Waals surface area (Å²) < 4.78 is 24.9. The van der Waals surface area contributed by atoms with Crippen LogP contribution in [0.1, 0.15) is 32.3 Å². The molecule has 112 valence electrons. The Bertz CT molecular complexity index is 442. The van der Waals surface area contributed by atoms with Crippen molar-refractivity contribution in [2.75, 3.05) is 20.2 Å². The van der Waals surface area contributed by atoms with Gasteiger partial charge in [0.15, 0.2) is 11.5 Å². The maximum Gasteiger partial charge on any atom is 0.164 e. The molecule has 0 spiro atoms. The molecule has 1 aliphatic rings. The van der Waals surface area contributed by atoms with E-state index in [9.17, 15) is 4.39 Å². The molecule has 20 heavy (non-hydrogen) atoms. The summed E-state index contributed by atoms with van der Waals surface area (Å²) >= 11 is 0. The largest absolute Gasteiger partial charge is 0.493 e. The number of hydrogen-bond donors (Lipinski definition) is 1. The molecule has 0 saturated carbocycles. The van der Waals surface area contributed by atoms with Crippen LogP contribution in [-0.4, -0.2) is 26.3 Å². The maximum atomic E-state index is 13.7. The van der Waals surface area contributed by atoms with Crippen LogP contribution in [0.5, 0.6) is 11.5 Å². The lowest BCUT2D eigenvalue weighted by Gasteiger charge is -2.24. The molecule has 1 aromatic rings. The number of hydrogen-bond acceptors (Lipinski definition) is 3. The zero-order valence-electron chi connectivity index (χ0n) is 12.5. The molecule has 0 atom stereocenters. The van der Waals surface area contributed by atoms with Crippen molar-refractivity contribution in [1.29, 1.82) is 0 Å². The highest BCUT2D eigenvalue weighted by atomic mass is 19.1. The summed E-state index contributed by atoms with van der Waals surface area (Å²) in [5.41, 5.74) is 0.919. The quantitative estimate of drug-likeness (QED) is 0.899. The number of benzene rings is 1. The van der Waals surface area contributed by atoms with Gasteiger partial charge in [0.05, 0.1) is 13.2 Å². The van der Waals surface area contributed by atoms with E-state index in [1.165, 1.54) is 6.07 Å². The van der Waals surface area contributed by atoms with Crippen molar-refractivity contribution in [2.45, 2.75) is 39.2 Å². The van der Waals surface area contributed by atoms with Crippen LogP contribution in [0.15, 0.2) is 12.1 Å². The molecule has 1 fully saturated rings. The lowest BCUT2D eigenvalue weighted by atomic mass is 9.90. The van der Waals surface area contributed by atoms with Crippen molar-refractivity contribution in [1.82, 2.24) is 5.32 Å². The number of ether oxygens (including phenoxy) is 2. The Morgan fingerprint density at radius 1 is 1.30 bits per heavy atom. The molecular weight excluding hydrogens is 257 g/mol. The van der Waals surface area contributed by atoms with Crippen molar-refractivity contribution in [3.05, 3.63) is 23.5 Å². The van der Waals surface area contributed by atoms with Gasteiger partial charge in [0.1, 0.15) is 5.82 Å². The fraction of sp³-hybridized carbons (Fsp3) is 0.625. The Balaban J connectivity index is 2.25. The second-order valence-electron chi connectivity index (χ2n) is 5.66. The van der Waals surface area contributed by atoms with Gasteiger partial charge in [0.2, 0.25) is 0 Å². The Morgan fingerprint density at radius 2 is 2.00 bits per heavy atom. The van der Waals surface area contributed by atoms with Gasteiger partial charge in [-0.05, 0) is 58.2 Å². The smallest absolute Gasteiger partial charge is 0.164 e. The molecule has 1 aliphatic heterocycles. The van der Waals surface area contributed by atoms with E-state index >= 15 is 0 Å². The van der Waals surface area contributed by atoms with E-state index in [1.54, 1.807) is 13.2 Å². The summed E-state index contributed by atoms with van der Waals surface area (Å²) in [4.78, 5) is 0. The van der Waals surface area contributed by atoms with Crippen LogP contribution in [0.2, 0.25) is 0 Å². The van der Waals surface area contributed by atoms with Gasteiger partial charge in [0, 0.05) is 11.6 Å². The Morgan fingerprint density at radius 3 is 2.60 bits per heavy atom. The normalized spacial score (nSPS) is 16.4. The van der Waals surface area contributed by atoms with Crippen LogP contribution in [-0.2, 0) is 6.42 Å². The topological polar surface area (TPSA) is 30.5 Å². The second kappa shape index (κ2) is 6.93. The van der Waals surface area contributed by atoms with Gasteiger partial charge >= 0.3 is 0 Å². The lowest BCUT2D eigenvalue weighted by molar-refractivity contribution is 0.225. The second-order valence-corrected chi connectivity index (χ2v) is 5.66. The molecule has 4 heteroatoms. The van der Waals surface area contributed by atoms with Crippen LogP contribution in [0, 0.1) is 11.7 Å². The summed E-state index contributed by atoms with van der Waals surface area (Å²) in [5, 5.41) is 3.35. The van der Waals surface area contributed by atoms with Crippen molar-refractivity contribution in [3.63, 3.8) is 0 Å². The van der Waals surface area contributed by atoms with Crippen molar-refractivity contribution < 1.29 is 13.9 Å². The summed E-state index contributed by atoms with van der Waals surface area (Å²) in [6.07, 6.45) is 3.14. The minimum Gasteiger partial charge on any atom is -0.493 e. The molecule has 3 nitrogen and oxygen atoms in total. The zero-order valence-corrected chi connectivity index (χ0v) is 12.5. The molecule has 0 radical (unpaired) electrons. The van der Waals surface area contributed by atoms with Gasteiger partial charge in [-0.1, -0.05) is 0 Å². The molecular formula is C16H24FNO2. The third-order valence-electron chi connectivity index (χ3n) is 3.64. The molecule has 1 saturated heterocycles. The van der Waals surface area contributed by atoms with Gasteiger partial charge < -0.3 is 14.8 Å². The fourth-order valence-corrected chi connectivity index (χ4v) is 2.69. The maximum absolute atomic E-state index is 13.7. The van der Waals surface area contributed by atoms with Crippen LogP contribution < -0.4 is 14.8 Å². The number of nitrogens with one attached hydrogen (secondary N) is 1. The molecule has 1 N–H and O–H groups in total. The first-order valence-corrected chi connectivity index (χ1v) is 7.34. The molecule has 0 aliphatic carbocycles. The molecule has 1 aromatic carbocycles. The van der Waals surface area contributed by atoms with E-state index < -0.39 is 0 Å². The monoisotopic (exact) mass is 281 g/mol. The third kappa shape index (κ3) is 3.85. The standard InChI is InChI=1S/C16H24FNO2/c1-11(2)20-16-13(8-12-4-6-18-7-5-12)9-14(17)10-15(16)19-3/h9-12,18H,4-8H2,1-3H3. The van der Waals surface area contributed by atoms with Crippen LogP contribution >= 0.6 is 0 Å². The first-order chi connectivity index (χ1) is 9.60. The van der Waals surface area contributed by atoms with Crippen LogP contribution in [0.25, 0.3) is 0 Å². The van der Waals surface area contributed by atoms with E-state index in [0.29, 0.717) is 17.4 Å². The predicted molar refractivity (Wildman–Crippen MR) is 78.0 cm³/mol. The zero-order chi connectivity index (χ0) is 14.5. The minimum absolute atomic E-state index is 0.0427. The molecule has 0 unspecified atom stereocenters. The molecule has 0 bridgehead atoms. The first-order valence-electron chi connectivity index (χ1n) is 7.34. The fourth-order valence-electron chi connectivity index (χ4n) is 2.69. The van der Waals surface area contributed by atoms with E-state index in [1.807, 2.05) is 13.8 Å². The molecule has 0 aromatic heterocycles. The number of halogens is 1. The highest BCUT2D eigenvalue weighted by Gasteiger charge is 2.20. The summed E-state index contributed by atoms with van der Waals surface area (Å²) in [6.45, 7) is 6.02. The molecule has 2 rings (SSSR count). The number of piperidine rings is 1. The lowest BCUT2D eigenvalue weighted by Crippen LogP contribution is -2.28. The Hall–Kier alpha value is -1.29. The molecule has 0 amide bonds. The highest BCUT2D eigenvalue weighted by Crippen LogP contribution is 2.35. The van der Waals surface area contributed by atoms with Gasteiger partial charge in [-0.15, -0.1) is 0 Å². The minimum atomic E-state index is -0.262. The molecule has 1 heterocycles. The van der Waals surface area contributed by atoms with Gasteiger partial charge in [-0.2, -0.15) is 0 Å². The van der Waals surface area contributed by atoms with Gasteiger partial charge in [-0.3, -0.25) is 0 Å². The average Bonchev–Trinajstić information content (AvgIpc) is 2.42. The van der Waals surface area contributed by atoms with E-state index in [4.69, 9.17) is 9.47 Å². The van der Waals surface area contributed by atoms with Crippen LogP contribution in [0.3, 0.4) is 0 Å². The number of methoxy groups -OCH3 is 1. The van der Waals surface area contributed by atoms with Crippen molar-refractivity contribution in [2.24, 2.45) is 5.92 Å². The Labute approximate surface area is 120 Å². The number of rotatable bonds is 5. The highest BCUT2D eigenvalue weighted by molar-refractivity contribution is 5.47. The predicted octanol–water partition coefficient (Wildman–Crippen LogP) is 3.16. The first kappa shape index (κ1) is 15.1. The summed E-state index contributed by atoms with van der Waals surface area (Å²) in [7, 11) is 1.55. The SMILES string of the molecule is COc1cc(F)cc(CC2CCNCC2)c1OC(C)C. The van der Waals surface area contributed by atoms with E-state index in [2.05, 4.69) is 5.32 Å². The van der Waals surface area contributed by atoms with Crippen molar-refractivity contribution in [3.8, 4) is 11.5 Å². The summed E-state index contributed by atoms with van der Waals surface area (Å²) in [5.74, 6) is 1.50. The Kier molecular flexibility index (Phi) is 5.24. The third-order valence-corrected chi connectivity index (χ3v) is 3.64. The average molecular weight is 281 g/mol. The van der Waals surface area contributed by atoms with Gasteiger partial charge in [-0.25, -0.2) is 4.39 Å². The van der Waals surface area contributed by atoms with Crippen LogP contribution in [0.4, 0.5) is 4.39 Å². The van der Waals surface area contributed by atoms with Crippen molar-refractivity contribution >= 4 is 0 Å². The van der Waals surface area contributed by atoms with E-state index in [-0.39, 0.29) is 11.9 Å². The summed E-state index contributed by atoms with van der Waals surface area (Å²) in [6, 6.07) is 2.98.